The lowest BCUT2D eigenvalue weighted by Crippen LogP contribution is -2.32. The molecule has 104 valence electrons. The number of hydrogen-bond donors (Lipinski definition) is 0. The maximum Gasteiger partial charge on any atom is 0.294 e. The molecule has 5 nitrogen and oxygen atoms in total. The lowest BCUT2D eigenvalue weighted by atomic mass is 9.92. The average molecular weight is 344 g/mol. The number of hydrogen-bond acceptors (Lipinski definition) is 4. The molecule has 0 radical (unpaired) electrons. The van der Waals surface area contributed by atoms with Crippen molar-refractivity contribution in [2.24, 2.45) is 4.99 Å². The zero-order valence-corrected chi connectivity index (χ0v) is 12.5. The Morgan fingerprint density at radius 2 is 1.95 bits per heavy atom. The van der Waals surface area contributed by atoms with Gasteiger partial charge in [0.15, 0.2) is 0 Å². The lowest BCUT2D eigenvalue weighted by molar-refractivity contribution is -0.384. The molecule has 6 heteroatoms. The molecule has 0 bridgehead atoms. The first-order valence-electron chi connectivity index (χ1n) is 6.56. The number of anilines is 1. The van der Waals surface area contributed by atoms with Crippen LogP contribution in [0.3, 0.4) is 0 Å². The van der Waals surface area contributed by atoms with Gasteiger partial charge in [0.05, 0.1) is 11.5 Å². The lowest BCUT2D eigenvalue weighted by Gasteiger charge is -2.29. The zero-order valence-electron chi connectivity index (χ0n) is 10.9. The summed E-state index contributed by atoms with van der Waals surface area (Å²) in [5.74, 6) is 0.837. The summed E-state index contributed by atoms with van der Waals surface area (Å²) in [5.41, 5.74) is 3.68. The molecule has 0 N–H and O–H groups in total. The molecule has 2 heterocycles. The second-order valence-electron chi connectivity index (χ2n) is 4.98. The largest absolute Gasteiger partial charge is 0.318 e. The van der Waals surface area contributed by atoms with Gasteiger partial charge in [-0.15, -0.1) is 0 Å². The molecule has 2 aromatic carbocycles. The van der Waals surface area contributed by atoms with E-state index in [0.717, 1.165) is 22.5 Å². The molecule has 4 rings (SSSR count). The first-order chi connectivity index (χ1) is 10.2. The van der Waals surface area contributed by atoms with Gasteiger partial charge in [-0.25, -0.2) is 0 Å². The monoisotopic (exact) mass is 343 g/mol. The minimum atomic E-state index is -0.326. The second kappa shape index (κ2) is 4.39. The molecule has 0 saturated heterocycles. The van der Waals surface area contributed by atoms with E-state index in [1.165, 1.54) is 0 Å². The molecule has 2 aliphatic rings. The maximum atomic E-state index is 11.4. The van der Waals surface area contributed by atoms with E-state index in [-0.39, 0.29) is 10.6 Å². The number of nitro benzene ring substituents is 1. The Hall–Kier alpha value is -2.21. The highest BCUT2D eigenvalue weighted by Crippen LogP contribution is 2.46. The average Bonchev–Trinajstić information content (AvgIpc) is 2.96. The van der Waals surface area contributed by atoms with Gasteiger partial charge in [0, 0.05) is 28.2 Å². The third-order valence-corrected chi connectivity index (χ3v) is 4.28. The van der Waals surface area contributed by atoms with Crippen molar-refractivity contribution < 1.29 is 4.92 Å². The van der Waals surface area contributed by atoms with Gasteiger partial charge >= 0.3 is 0 Å². The number of fused-ring (bicyclic) bond motifs is 6. The first-order valence-corrected chi connectivity index (χ1v) is 7.36. The van der Waals surface area contributed by atoms with Crippen LogP contribution >= 0.6 is 15.9 Å². The highest BCUT2D eigenvalue weighted by atomic mass is 79.9. The topological polar surface area (TPSA) is 58.7 Å². The number of nitro groups is 1. The number of aliphatic imine (C=N–C) groups is 1. The smallest absolute Gasteiger partial charge is 0.294 e. The third-order valence-electron chi connectivity index (χ3n) is 3.82. The maximum absolute atomic E-state index is 11.4. The van der Waals surface area contributed by atoms with Crippen LogP contribution in [0.2, 0.25) is 0 Å². The minimum Gasteiger partial charge on any atom is -0.318 e. The van der Waals surface area contributed by atoms with Gasteiger partial charge in [-0.1, -0.05) is 40.2 Å². The van der Waals surface area contributed by atoms with E-state index >= 15 is 0 Å². The summed E-state index contributed by atoms with van der Waals surface area (Å²) in [6.07, 6.45) is 0. The van der Waals surface area contributed by atoms with E-state index in [0.29, 0.717) is 23.2 Å². The molecule has 2 aliphatic heterocycles. The van der Waals surface area contributed by atoms with Gasteiger partial charge < -0.3 is 4.90 Å². The van der Waals surface area contributed by atoms with Crippen molar-refractivity contribution in [1.82, 2.24) is 0 Å². The van der Waals surface area contributed by atoms with Gasteiger partial charge in [0.1, 0.15) is 11.5 Å². The van der Waals surface area contributed by atoms with Crippen molar-refractivity contribution in [2.45, 2.75) is 0 Å². The van der Waals surface area contributed by atoms with Crippen molar-refractivity contribution in [3.8, 4) is 11.1 Å². The second-order valence-corrected chi connectivity index (χ2v) is 5.90. The molecule has 0 saturated carbocycles. The number of amidine groups is 1. The first kappa shape index (κ1) is 12.5. The Kier molecular flexibility index (Phi) is 2.62. The molecule has 0 unspecified atom stereocenters. The van der Waals surface area contributed by atoms with E-state index < -0.39 is 0 Å². The summed E-state index contributed by atoms with van der Waals surface area (Å²) in [6.45, 7) is 1.34. The molecule has 0 atom stereocenters. The molecule has 0 amide bonds. The minimum absolute atomic E-state index is 0.114. The summed E-state index contributed by atoms with van der Waals surface area (Å²) < 4.78 is 0.710. The fourth-order valence-electron chi connectivity index (χ4n) is 3.02. The Morgan fingerprint density at radius 3 is 2.71 bits per heavy atom. The predicted molar refractivity (Wildman–Crippen MR) is 85.0 cm³/mol. The van der Waals surface area contributed by atoms with Crippen molar-refractivity contribution in [2.75, 3.05) is 18.0 Å². The van der Waals surface area contributed by atoms with Crippen LogP contribution in [0.4, 0.5) is 11.4 Å². The Balaban J connectivity index is 2.12. The van der Waals surface area contributed by atoms with Gasteiger partial charge in [-0.3, -0.25) is 15.1 Å². The van der Waals surface area contributed by atoms with Gasteiger partial charge in [-0.05, 0) is 11.6 Å². The molecular formula is C15H10BrN3O2. The summed E-state index contributed by atoms with van der Waals surface area (Å²) in [5, 5.41) is 11.4. The fourth-order valence-corrected chi connectivity index (χ4v) is 3.47. The number of halogens is 1. The van der Waals surface area contributed by atoms with E-state index in [1.807, 2.05) is 35.2 Å². The van der Waals surface area contributed by atoms with E-state index in [1.54, 1.807) is 6.07 Å². The number of benzene rings is 2. The Morgan fingerprint density at radius 1 is 1.19 bits per heavy atom. The molecule has 0 aromatic heterocycles. The van der Waals surface area contributed by atoms with Crippen LogP contribution in [0.1, 0.15) is 5.56 Å². The Labute approximate surface area is 129 Å². The standard InChI is InChI=1S/C15H10BrN3O2/c16-9-7-12-10-3-1-2-4-11(10)15-17-5-6-18(15)14(12)13(8-9)19(20)21/h1-4,7-8H,5-6H2. The van der Waals surface area contributed by atoms with Gasteiger partial charge in [-0.2, -0.15) is 0 Å². The third kappa shape index (κ3) is 1.72. The quantitative estimate of drug-likeness (QED) is 0.587. The van der Waals surface area contributed by atoms with Crippen LogP contribution in [0, 0.1) is 10.1 Å². The molecule has 0 spiro atoms. The van der Waals surface area contributed by atoms with Crippen LogP contribution < -0.4 is 4.90 Å². The highest BCUT2D eigenvalue weighted by molar-refractivity contribution is 9.10. The summed E-state index contributed by atoms with van der Waals surface area (Å²) in [7, 11) is 0. The molecule has 2 aromatic rings. The SMILES string of the molecule is O=[N+]([O-])c1cc(Br)cc2c1N1CCN=C1c1ccccc1-2. The Bertz CT molecular complexity index is 817. The van der Waals surface area contributed by atoms with Crippen molar-refractivity contribution in [3.63, 3.8) is 0 Å². The van der Waals surface area contributed by atoms with Crippen molar-refractivity contribution in [3.05, 3.63) is 56.5 Å². The van der Waals surface area contributed by atoms with Gasteiger partial charge in [0.25, 0.3) is 5.69 Å². The van der Waals surface area contributed by atoms with Crippen LogP contribution in [-0.4, -0.2) is 23.8 Å². The molecule has 0 aliphatic carbocycles. The number of rotatable bonds is 1. The summed E-state index contributed by atoms with van der Waals surface area (Å²) in [4.78, 5) is 17.6. The highest BCUT2D eigenvalue weighted by Gasteiger charge is 2.35. The van der Waals surface area contributed by atoms with E-state index in [4.69, 9.17) is 0 Å². The van der Waals surface area contributed by atoms with E-state index in [2.05, 4.69) is 20.9 Å². The van der Waals surface area contributed by atoms with Crippen molar-refractivity contribution in [1.29, 1.82) is 0 Å². The van der Waals surface area contributed by atoms with E-state index in [9.17, 15) is 10.1 Å². The van der Waals surface area contributed by atoms with Crippen molar-refractivity contribution >= 4 is 33.1 Å². The fraction of sp³-hybridized carbons (Fsp3) is 0.133. The number of nitrogens with zero attached hydrogens (tertiary/aromatic N) is 3. The van der Waals surface area contributed by atoms with Crippen LogP contribution in [0.5, 0.6) is 0 Å². The molecular weight excluding hydrogens is 334 g/mol. The predicted octanol–water partition coefficient (Wildman–Crippen LogP) is 3.60. The zero-order chi connectivity index (χ0) is 14.6. The summed E-state index contributed by atoms with van der Waals surface area (Å²) in [6, 6.07) is 11.4. The van der Waals surface area contributed by atoms with Crippen LogP contribution in [0.15, 0.2) is 45.9 Å². The van der Waals surface area contributed by atoms with Crippen LogP contribution in [0.25, 0.3) is 11.1 Å². The molecule has 21 heavy (non-hydrogen) atoms. The molecule has 0 fully saturated rings. The summed E-state index contributed by atoms with van der Waals surface area (Å²) >= 11 is 3.38. The normalized spacial score (nSPS) is 15.1. The van der Waals surface area contributed by atoms with Crippen LogP contribution in [-0.2, 0) is 0 Å². The van der Waals surface area contributed by atoms with Gasteiger partial charge in [0.2, 0.25) is 0 Å².